The van der Waals surface area contributed by atoms with E-state index in [0.717, 1.165) is 32.5 Å². The molecule has 88 valence electrons. The van der Waals surface area contributed by atoms with Crippen molar-refractivity contribution in [2.24, 2.45) is 0 Å². The van der Waals surface area contributed by atoms with E-state index in [1.807, 2.05) is 13.8 Å². The molecule has 0 radical (unpaired) electrons. The summed E-state index contributed by atoms with van der Waals surface area (Å²) in [5.74, 6) is 0. The van der Waals surface area contributed by atoms with Crippen molar-refractivity contribution in [1.29, 1.82) is 0 Å². The van der Waals surface area contributed by atoms with E-state index < -0.39 is 0 Å². The Labute approximate surface area is 92.0 Å². The summed E-state index contributed by atoms with van der Waals surface area (Å²) in [6, 6.07) is 0.334. The van der Waals surface area contributed by atoms with Crippen LogP contribution < -0.4 is 5.32 Å². The Balaban J connectivity index is 2.36. The normalized spacial score (nSPS) is 26.1. The van der Waals surface area contributed by atoms with E-state index in [4.69, 9.17) is 4.74 Å². The number of rotatable bonds is 3. The zero-order chi connectivity index (χ0) is 11.3. The topological polar surface area (TPSA) is 41.6 Å². The lowest BCUT2D eigenvalue weighted by Gasteiger charge is -2.30. The molecule has 0 aliphatic carbocycles. The van der Waals surface area contributed by atoms with Gasteiger partial charge in [0.05, 0.1) is 6.10 Å². The van der Waals surface area contributed by atoms with Crippen LogP contribution in [-0.2, 0) is 4.74 Å². The molecule has 0 aromatic rings. The second kappa shape index (κ2) is 5.95. The van der Waals surface area contributed by atoms with Gasteiger partial charge in [0, 0.05) is 25.7 Å². The largest absolute Gasteiger partial charge is 0.378 e. The minimum atomic E-state index is 0.0547. The number of urea groups is 1. The number of nitrogens with zero attached hydrogens (tertiary/aromatic N) is 1. The Morgan fingerprint density at radius 2 is 2.13 bits per heavy atom. The second-order valence-corrected chi connectivity index (χ2v) is 4.02. The molecule has 0 aromatic heterocycles. The minimum Gasteiger partial charge on any atom is -0.378 e. The molecule has 15 heavy (non-hydrogen) atoms. The van der Waals surface area contributed by atoms with Gasteiger partial charge < -0.3 is 15.0 Å². The first-order valence-electron chi connectivity index (χ1n) is 5.84. The van der Waals surface area contributed by atoms with Gasteiger partial charge in [0.2, 0.25) is 0 Å². The summed E-state index contributed by atoms with van der Waals surface area (Å²) < 4.78 is 5.44. The van der Waals surface area contributed by atoms with Crippen LogP contribution in [0, 0.1) is 0 Å². The summed E-state index contributed by atoms with van der Waals surface area (Å²) >= 11 is 0. The van der Waals surface area contributed by atoms with Gasteiger partial charge in [0.1, 0.15) is 0 Å². The molecule has 2 amide bonds. The van der Waals surface area contributed by atoms with E-state index in [0.29, 0.717) is 0 Å². The average Bonchev–Trinajstić information content (AvgIpc) is 2.19. The minimum absolute atomic E-state index is 0.0547. The van der Waals surface area contributed by atoms with Crippen molar-refractivity contribution >= 4 is 6.03 Å². The summed E-state index contributed by atoms with van der Waals surface area (Å²) in [5, 5.41) is 3.06. The molecule has 4 heteroatoms. The molecule has 1 aliphatic rings. The van der Waals surface area contributed by atoms with E-state index in [2.05, 4.69) is 12.2 Å². The van der Waals surface area contributed by atoms with E-state index in [1.54, 1.807) is 4.90 Å². The first kappa shape index (κ1) is 12.3. The summed E-state index contributed by atoms with van der Waals surface area (Å²) in [5.41, 5.74) is 0. The number of carbonyl (C=O) groups is 1. The monoisotopic (exact) mass is 214 g/mol. The fourth-order valence-electron chi connectivity index (χ4n) is 1.91. The quantitative estimate of drug-likeness (QED) is 0.775. The fourth-order valence-corrected chi connectivity index (χ4v) is 1.91. The van der Waals surface area contributed by atoms with Gasteiger partial charge in [-0.3, -0.25) is 0 Å². The number of amides is 2. The van der Waals surface area contributed by atoms with Crippen LogP contribution >= 0.6 is 0 Å². The van der Waals surface area contributed by atoms with Crippen molar-refractivity contribution in [2.45, 2.75) is 45.8 Å². The van der Waals surface area contributed by atoms with Gasteiger partial charge in [-0.25, -0.2) is 4.79 Å². The number of ether oxygens (including phenoxy) is 1. The van der Waals surface area contributed by atoms with Crippen LogP contribution in [0.25, 0.3) is 0 Å². The lowest BCUT2D eigenvalue weighted by atomic mass is 10.0. The molecule has 0 spiro atoms. The van der Waals surface area contributed by atoms with Crippen LogP contribution in [0.15, 0.2) is 0 Å². The lowest BCUT2D eigenvalue weighted by Crippen LogP contribution is -2.47. The highest BCUT2D eigenvalue weighted by Gasteiger charge is 2.22. The summed E-state index contributed by atoms with van der Waals surface area (Å²) in [6.45, 7) is 8.33. The zero-order valence-electron chi connectivity index (χ0n) is 9.95. The van der Waals surface area contributed by atoms with Crippen molar-refractivity contribution in [3.8, 4) is 0 Å². The number of nitrogens with one attached hydrogen (secondary N) is 1. The molecule has 4 nitrogen and oxygen atoms in total. The molecule has 1 aliphatic heterocycles. The van der Waals surface area contributed by atoms with Gasteiger partial charge >= 0.3 is 6.03 Å². The Hall–Kier alpha value is -0.770. The molecular weight excluding hydrogens is 192 g/mol. The van der Waals surface area contributed by atoms with Gasteiger partial charge in [-0.1, -0.05) is 0 Å². The third-order valence-corrected chi connectivity index (χ3v) is 2.86. The first-order chi connectivity index (χ1) is 7.17. The molecule has 0 aromatic carbocycles. The highest BCUT2D eigenvalue weighted by atomic mass is 16.5. The van der Waals surface area contributed by atoms with Crippen molar-refractivity contribution in [3.63, 3.8) is 0 Å². The summed E-state index contributed by atoms with van der Waals surface area (Å²) in [6.07, 6.45) is 2.12. The van der Waals surface area contributed by atoms with E-state index in [9.17, 15) is 4.79 Å². The second-order valence-electron chi connectivity index (χ2n) is 4.02. The zero-order valence-corrected chi connectivity index (χ0v) is 9.95. The molecular formula is C11H22N2O2. The molecule has 2 unspecified atom stereocenters. The predicted molar refractivity (Wildman–Crippen MR) is 59.9 cm³/mol. The lowest BCUT2D eigenvalue weighted by molar-refractivity contribution is 0.0146. The Kier molecular flexibility index (Phi) is 4.88. The molecule has 1 saturated heterocycles. The number of carbonyl (C=O) groups excluding carboxylic acids is 1. The van der Waals surface area contributed by atoms with Gasteiger partial charge in [-0.15, -0.1) is 0 Å². The van der Waals surface area contributed by atoms with Crippen molar-refractivity contribution in [2.75, 3.05) is 19.7 Å². The van der Waals surface area contributed by atoms with Gasteiger partial charge in [-0.05, 0) is 33.6 Å². The van der Waals surface area contributed by atoms with Gasteiger partial charge in [-0.2, -0.15) is 0 Å². The van der Waals surface area contributed by atoms with Crippen LogP contribution in [0.2, 0.25) is 0 Å². The maximum Gasteiger partial charge on any atom is 0.317 e. The average molecular weight is 214 g/mol. The molecule has 1 fully saturated rings. The standard InChI is InChI=1S/C11H22N2O2/c1-4-13(5-2)11(14)12-10-6-7-15-9(3)8-10/h9-10H,4-8H2,1-3H3,(H,12,14). The van der Waals surface area contributed by atoms with Crippen LogP contribution in [0.3, 0.4) is 0 Å². The third-order valence-electron chi connectivity index (χ3n) is 2.86. The van der Waals surface area contributed by atoms with Crippen LogP contribution in [0.1, 0.15) is 33.6 Å². The Morgan fingerprint density at radius 3 is 2.67 bits per heavy atom. The molecule has 0 saturated carbocycles. The Bertz CT molecular complexity index is 205. The highest BCUT2D eigenvalue weighted by molar-refractivity contribution is 5.74. The summed E-state index contributed by atoms with van der Waals surface area (Å²) in [4.78, 5) is 13.6. The van der Waals surface area contributed by atoms with Crippen molar-refractivity contribution in [3.05, 3.63) is 0 Å². The Morgan fingerprint density at radius 1 is 1.47 bits per heavy atom. The van der Waals surface area contributed by atoms with E-state index in [1.165, 1.54) is 0 Å². The smallest absolute Gasteiger partial charge is 0.317 e. The van der Waals surface area contributed by atoms with Gasteiger partial charge in [0.15, 0.2) is 0 Å². The molecule has 0 bridgehead atoms. The number of hydrogen-bond acceptors (Lipinski definition) is 2. The van der Waals surface area contributed by atoms with Gasteiger partial charge in [0.25, 0.3) is 0 Å². The fraction of sp³-hybridized carbons (Fsp3) is 0.909. The molecule has 1 rings (SSSR count). The van der Waals surface area contributed by atoms with Crippen LogP contribution in [0.5, 0.6) is 0 Å². The van der Waals surface area contributed by atoms with Crippen LogP contribution in [-0.4, -0.2) is 42.8 Å². The summed E-state index contributed by atoms with van der Waals surface area (Å²) in [7, 11) is 0. The molecule has 1 heterocycles. The van der Waals surface area contributed by atoms with Crippen molar-refractivity contribution in [1.82, 2.24) is 10.2 Å². The predicted octanol–water partition coefficient (Wildman–Crippen LogP) is 1.61. The molecule has 1 N–H and O–H groups in total. The maximum absolute atomic E-state index is 11.8. The SMILES string of the molecule is CCN(CC)C(=O)NC1CCOC(C)C1. The first-order valence-corrected chi connectivity index (χ1v) is 5.84. The van der Waals surface area contributed by atoms with Crippen LogP contribution in [0.4, 0.5) is 4.79 Å². The molecule has 2 atom stereocenters. The van der Waals surface area contributed by atoms with Crippen molar-refractivity contribution < 1.29 is 9.53 Å². The maximum atomic E-state index is 11.8. The third kappa shape index (κ3) is 3.70. The van der Waals surface area contributed by atoms with E-state index >= 15 is 0 Å². The van der Waals surface area contributed by atoms with E-state index in [-0.39, 0.29) is 18.2 Å². The highest BCUT2D eigenvalue weighted by Crippen LogP contribution is 2.13. The number of hydrogen-bond donors (Lipinski definition) is 1.